The van der Waals surface area contributed by atoms with Crippen molar-refractivity contribution >= 4 is 29.1 Å². The van der Waals surface area contributed by atoms with Crippen LogP contribution < -0.4 is 5.73 Å². The van der Waals surface area contributed by atoms with Gasteiger partial charge in [-0.15, -0.1) is 0 Å². The number of para-hydroxylation sites is 1. The molecule has 2 rings (SSSR count). The van der Waals surface area contributed by atoms with Crippen molar-refractivity contribution in [1.82, 2.24) is 9.97 Å². The predicted octanol–water partition coefficient (Wildman–Crippen LogP) is 3.17. The van der Waals surface area contributed by atoms with E-state index in [1.807, 2.05) is 19.1 Å². The Hall–Kier alpha value is -1.26. The molecule has 0 amide bonds. The molecule has 2 N–H and O–H groups in total. The Labute approximate surface area is 103 Å². The number of nitrogens with zero attached hydrogens (tertiary/aromatic N) is 2. The van der Waals surface area contributed by atoms with E-state index >= 15 is 0 Å². The largest absolute Gasteiger partial charge is 0.397 e. The van der Waals surface area contributed by atoms with E-state index in [4.69, 9.17) is 17.3 Å². The van der Waals surface area contributed by atoms with Gasteiger partial charge in [-0.3, -0.25) is 0 Å². The second-order valence-electron chi connectivity index (χ2n) is 3.30. The lowest BCUT2D eigenvalue weighted by atomic mass is 10.3. The second-order valence-corrected chi connectivity index (χ2v) is 4.71. The smallest absolute Gasteiger partial charge is 0.192 e. The summed E-state index contributed by atoms with van der Waals surface area (Å²) < 4.78 is 0. The Morgan fingerprint density at radius 1 is 1.25 bits per heavy atom. The van der Waals surface area contributed by atoms with Crippen molar-refractivity contribution in [2.45, 2.75) is 17.0 Å². The van der Waals surface area contributed by atoms with Gasteiger partial charge in [0.05, 0.1) is 10.7 Å². The number of aryl methyl sites for hydroxylation is 1. The lowest BCUT2D eigenvalue weighted by Gasteiger charge is -2.05. The molecule has 0 aliphatic heterocycles. The van der Waals surface area contributed by atoms with Crippen LogP contribution in [-0.2, 0) is 0 Å². The first kappa shape index (κ1) is 11.2. The molecule has 0 fully saturated rings. The lowest BCUT2D eigenvalue weighted by molar-refractivity contribution is 0.950. The van der Waals surface area contributed by atoms with E-state index in [0.29, 0.717) is 15.9 Å². The molecule has 16 heavy (non-hydrogen) atoms. The Bertz CT molecular complexity index is 499. The van der Waals surface area contributed by atoms with Gasteiger partial charge in [-0.25, -0.2) is 9.97 Å². The van der Waals surface area contributed by atoms with Crippen LogP contribution in [0.4, 0.5) is 5.69 Å². The normalized spacial score (nSPS) is 10.4. The average molecular weight is 252 g/mol. The summed E-state index contributed by atoms with van der Waals surface area (Å²) in [5.74, 6) is 0. The maximum atomic E-state index is 5.93. The van der Waals surface area contributed by atoms with Gasteiger partial charge in [0.1, 0.15) is 0 Å². The second kappa shape index (κ2) is 4.72. The topological polar surface area (TPSA) is 51.8 Å². The minimum absolute atomic E-state index is 0.553. The SMILES string of the molecule is Cc1cnc(Sc2cccc(Cl)c2N)nc1. The number of hydrogen-bond donors (Lipinski definition) is 1. The van der Waals surface area contributed by atoms with Gasteiger partial charge >= 0.3 is 0 Å². The summed E-state index contributed by atoms with van der Waals surface area (Å²) in [6, 6.07) is 5.52. The maximum absolute atomic E-state index is 5.93. The molecule has 1 aromatic heterocycles. The molecule has 0 unspecified atom stereocenters. The van der Waals surface area contributed by atoms with Crippen molar-refractivity contribution in [2.75, 3.05) is 5.73 Å². The van der Waals surface area contributed by atoms with Gasteiger partial charge in [-0.1, -0.05) is 17.7 Å². The zero-order valence-electron chi connectivity index (χ0n) is 8.64. The van der Waals surface area contributed by atoms with E-state index in [0.717, 1.165) is 10.5 Å². The Balaban J connectivity index is 2.27. The van der Waals surface area contributed by atoms with Crippen LogP contribution in [0.5, 0.6) is 0 Å². The third-order valence-corrected chi connectivity index (χ3v) is 3.27. The zero-order chi connectivity index (χ0) is 11.5. The van der Waals surface area contributed by atoms with Crippen LogP contribution in [0.2, 0.25) is 5.02 Å². The summed E-state index contributed by atoms with van der Waals surface area (Å²) in [7, 11) is 0. The standard InChI is InChI=1S/C11H10ClN3S/c1-7-5-14-11(15-6-7)16-9-4-2-3-8(12)10(9)13/h2-6H,13H2,1H3. The minimum atomic E-state index is 0.553. The summed E-state index contributed by atoms with van der Waals surface area (Å²) in [5, 5.41) is 1.22. The molecular formula is C11H10ClN3S. The van der Waals surface area contributed by atoms with Gasteiger partial charge in [0, 0.05) is 17.3 Å². The number of benzene rings is 1. The molecule has 0 atom stereocenters. The van der Waals surface area contributed by atoms with Crippen molar-refractivity contribution in [2.24, 2.45) is 0 Å². The molecule has 0 saturated heterocycles. The average Bonchev–Trinajstić information content (AvgIpc) is 2.28. The monoisotopic (exact) mass is 251 g/mol. The third-order valence-electron chi connectivity index (χ3n) is 1.97. The van der Waals surface area contributed by atoms with Gasteiger partial charge in [0.15, 0.2) is 5.16 Å². The van der Waals surface area contributed by atoms with E-state index in [1.54, 1.807) is 18.5 Å². The molecular weight excluding hydrogens is 242 g/mol. The minimum Gasteiger partial charge on any atom is -0.397 e. The first-order valence-corrected chi connectivity index (χ1v) is 5.87. The highest BCUT2D eigenvalue weighted by Gasteiger charge is 2.06. The summed E-state index contributed by atoms with van der Waals surface area (Å²) in [6.45, 7) is 1.95. The number of aromatic nitrogens is 2. The van der Waals surface area contributed by atoms with Crippen molar-refractivity contribution in [3.8, 4) is 0 Å². The number of hydrogen-bond acceptors (Lipinski definition) is 4. The predicted molar refractivity (Wildman–Crippen MR) is 66.8 cm³/mol. The Kier molecular flexibility index (Phi) is 3.31. The lowest BCUT2D eigenvalue weighted by Crippen LogP contribution is -1.91. The summed E-state index contributed by atoms with van der Waals surface area (Å²) in [4.78, 5) is 9.27. The van der Waals surface area contributed by atoms with Crippen LogP contribution in [-0.4, -0.2) is 9.97 Å². The van der Waals surface area contributed by atoms with Crippen LogP contribution >= 0.6 is 23.4 Å². The molecule has 1 heterocycles. The van der Waals surface area contributed by atoms with Crippen LogP contribution in [0.25, 0.3) is 0 Å². The van der Waals surface area contributed by atoms with Crippen molar-refractivity contribution in [3.63, 3.8) is 0 Å². The van der Waals surface area contributed by atoms with Gasteiger partial charge in [-0.2, -0.15) is 0 Å². The highest BCUT2D eigenvalue weighted by molar-refractivity contribution is 7.99. The summed E-state index contributed by atoms with van der Waals surface area (Å²) >= 11 is 7.33. The fraction of sp³-hybridized carbons (Fsp3) is 0.0909. The maximum Gasteiger partial charge on any atom is 0.192 e. The summed E-state index contributed by atoms with van der Waals surface area (Å²) in [5.41, 5.74) is 7.45. The van der Waals surface area contributed by atoms with E-state index in [1.165, 1.54) is 11.8 Å². The van der Waals surface area contributed by atoms with Crippen LogP contribution in [0.1, 0.15) is 5.56 Å². The fourth-order valence-electron chi connectivity index (χ4n) is 1.14. The van der Waals surface area contributed by atoms with Crippen molar-refractivity contribution in [1.29, 1.82) is 0 Å². The number of rotatable bonds is 2. The molecule has 0 spiro atoms. The molecule has 0 bridgehead atoms. The van der Waals surface area contributed by atoms with Gasteiger partial charge in [0.25, 0.3) is 0 Å². The first-order chi connectivity index (χ1) is 7.66. The van der Waals surface area contributed by atoms with Crippen LogP contribution in [0, 0.1) is 6.92 Å². The zero-order valence-corrected chi connectivity index (χ0v) is 10.2. The number of halogens is 1. The molecule has 82 valence electrons. The third kappa shape index (κ3) is 2.46. The van der Waals surface area contributed by atoms with E-state index < -0.39 is 0 Å². The van der Waals surface area contributed by atoms with Crippen LogP contribution in [0.15, 0.2) is 40.6 Å². The Morgan fingerprint density at radius 2 is 1.94 bits per heavy atom. The number of nitrogen functional groups attached to an aromatic ring is 1. The first-order valence-electron chi connectivity index (χ1n) is 4.67. The molecule has 0 radical (unpaired) electrons. The van der Waals surface area contributed by atoms with E-state index in [9.17, 15) is 0 Å². The van der Waals surface area contributed by atoms with Crippen LogP contribution in [0.3, 0.4) is 0 Å². The van der Waals surface area contributed by atoms with Crippen molar-refractivity contribution < 1.29 is 0 Å². The van der Waals surface area contributed by atoms with Gasteiger partial charge < -0.3 is 5.73 Å². The van der Waals surface area contributed by atoms with Crippen molar-refractivity contribution in [3.05, 3.63) is 41.2 Å². The molecule has 1 aromatic carbocycles. The molecule has 0 aliphatic rings. The van der Waals surface area contributed by atoms with Gasteiger partial charge in [-0.05, 0) is 36.4 Å². The quantitative estimate of drug-likeness (QED) is 0.658. The highest BCUT2D eigenvalue weighted by Crippen LogP contribution is 2.33. The Morgan fingerprint density at radius 3 is 2.62 bits per heavy atom. The van der Waals surface area contributed by atoms with E-state index in [-0.39, 0.29) is 0 Å². The molecule has 0 saturated carbocycles. The van der Waals surface area contributed by atoms with Gasteiger partial charge in [0.2, 0.25) is 0 Å². The molecule has 0 aliphatic carbocycles. The summed E-state index contributed by atoms with van der Waals surface area (Å²) in [6.07, 6.45) is 3.55. The number of nitrogens with two attached hydrogens (primary N) is 1. The van der Waals surface area contributed by atoms with E-state index in [2.05, 4.69) is 9.97 Å². The number of anilines is 1. The highest BCUT2D eigenvalue weighted by atomic mass is 35.5. The molecule has 2 aromatic rings. The molecule has 5 heteroatoms. The fourth-order valence-corrected chi connectivity index (χ4v) is 2.14. The molecule has 3 nitrogen and oxygen atoms in total.